The number of aryl methyl sites for hydroxylation is 1. The average Bonchev–Trinajstić information content (AvgIpc) is 3.07. The molecule has 0 aliphatic heterocycles. The standard InChI is InChI=1S/C15H8Cl2N2OS2/c1-7-19-13-12(22-7)5-11(9-2-3-21-14(9)13)20-15-10(17)4-8(16)6-18-15/h2-6H,1H3. The highest BCUT2D eigenvalue weighted by Gasteiger charge is 2.14. The van der Waals surface area contributed by atoms with Crippen LogP contribution in [-0.2, 0) is 0 Å². The van der Waals surface area contributed by atoms with Crippen LogP contribution in [0, 0.1) is 6.92 Å². The summed E-state index contributed by atoms with van der Waals surface area (Å²) in [6.07, 6.45) is 1.52. The molecule has 22 heavy (non-hydrogen) atoms. The lowest BCUT2D eigenvalue weighted by Gasteiger charge is -2.08. The first kappa shape index (κ1) is 14.2. The number of halogens is 2. The van der Waals surface area contributed by atoms with Crippen molar-refractivity contribution in [2.75, 3.05) is 0 Å². The van der Waals surface area contributed by atoms with Gasteiger partial charge in [0.2, 0.25) is 5.88 Å². The summed E-state index contributed by atoms with van der Waals surface area (Å²) in [5.74, 6) is 1.07. The minimum absolute atomic E-state index is 0.346. The molecule has 3 heterocycles. The van der Waals surface area contributed by atoms with Gasteiger partial charge in [0.05, 0.1) is 24.9 Å². The van der Waals surface area contributed by atoms with Gasteiger partial charge in [-0.2, -0.15) is 0 Å². The molecule has 0 atom stereocenters. The zero-order chi connectivity index (χ0) is 15.3. The number of ether oxygens (including phenoxy) is 1. The lowest BCUT2D eigenvalue weighted by molar-refractivity contribution is 0.469. The molecule has 0 N–H and O–H groups in total. The molecule has 0 radical (unpaired) electrons. The van der Waals surface area contributed by atoms with E-state index in [4.69, 9.17) is 27.9 Å². The monoisotopic (exact) mass is 366 g/mol. The van der Waals surface area contributed by atoms with Crippen molar-refractivity contribution in [1.29, 1.82) is 0 Å². The third-order valence-electron chi connectivity index (χ3n) is 3.15. The van der Waals surface area contributed by atoms with Crippen LogP contribution < -0.4 is 4.74 Å². The second kappa shape index (κ2) is 5.35. The van der Waals surface area contributed by atoms with Crippen LogP contribution in [0.5, 0.6) is 11.6 Å². The molecule has 0 bridgehead atoms. The molecule has 0 amide bonds. The van der Waals surface area contributed by atoms with Crippen LogP contribution in [0.15, 0.2) is 29.8 Å². The van der Waals surface area contributed by atoms with Crippen molar-refractivity contribution in [2.45, 2.75) is 6.92 Å². The summed E-state index contributed by atoms with van der Waals surface area (Å²) in [6.45, 7) is 2.00. The summed E-state index contributed by atoms with van der Waals surface area (Å²) in [5.41, 5.74) is 1.02. The van der Waals surface area contributed by atoms with Gasteiger partial charge in [-0.3, -0.25) is 0 Å². The normalized spacial score (nSPS) is 11.4. The van der Waals surface area contributed by atoms with Crippen LogP contribution in [0.3, 0.4) is 0 Å². The first-order valence-corrected chi connectivity index (χ1v) is 8.83. The van der Waals surface area contributed by atoms with Gasteiger partial charge in [0, 0.05) is 17.6 Å². The molecule has 3 aromatic heterocycles. The highest BCUT2D eigenvalue weighted by molar-refractivity contribution is 7.21. The SMILES string of the molecule is Cc1nc2c(cc(Oc3ncc(Cl)cc3Cl)c3ccsc32)s1. The van der Waals surface area contributed by atoms with E-state index < -0.39 is 0 Å². The Hall–Kier alpha value is -1.40. The minimum atomic E-state index is 0.346. The highest BCUT2D eigenvalue weighted by Crippen LogP contribution is 2.41. The Morgan fingerprint density at radius 3 is 2.91 bits per heavy atom. The number of pyridine rings is 1. The van der Waals surface area contributed by atoms with Crippen molar-refractivity contribution in [3.63, 3.8) is 0 Å². The predicted octanol–water partition coefficient (Wildman–Crippen LogP) is 6.31. The molecule has 0 aliphatic carbocycles. The summed E-state index contributed by atoms with van der Waals surface area (Å²) < 4.78 is 8.14. The zero-order valence-corrected chi connectivity index (χ0v) is 14.4. The smallest absolute Gasteiger partial charge is 0.238 e. The Balaban J connectivity index is 1.91. The van der Waals surface area contributed by atoms with Crippen molar-refractivity contribution in [1.82, 2.24) is 9.97 Å². The summed E-state index contributed by atoms with van der Waals surface area (Å²) >= 11 is 15.3. The number of rotatable bonds is 2. The quantitative estimate of drug-likeness (QED) is 0.416. The number of thiophene rings is 1. The Bertz CT molecular complexity index is 1010. The fourth-order valence-electron chi connectivity index (χ4n) is 2.25. The second-order valence-electron chi connectivity index (χ2n) is 4.66. The Kier molecular flexibility index (Phi) is 3.46. The van der Waals surface area contributed by atoms with Gasteiger partial charge in [0.15, 0.2) is 0 Å². The van der Waals surface area contributed by atoms with E-state index in [-0.39, 0.29) is 0 Å². The number of aromatic nitrogens is 2. The number of thiazole rings is 1. The van der Waals surface area contributed by atoms with E-state index >= 15 is 0 Å². The van der Waals surface area contributed by atoms with Gasteiger partial charge in [-0.1, -0.05) is 23.2 Å². The second-order valence-corrected chi connectivity index (χ2v) is 7.65. The van der Waals surface area contributed by atoms with Crippen LogP contribution in [0.1, 0.15) is 5.01 Å². The van der Waals surface area contributed by atoms with Gasteiger partial charge < -0.3 is 4.74 Å². The number of nitrogens with zero attached hydrogens (tertiary/aromatic N) is 2. The van der Waals surface area contributed by atoms with Crippen molar-refractivity contribution in [2.24, 2.45) is 0 Å². The van der Waals surface area contributed by atoms with E-state index in [2.05, 4.69) is 9.97 Å². The molecule has 0 spiro atoms. The van der Waals surface area contributed by atoms with Crippen LogP contribution in [-0.4, -0.2) is 9.97 Å². The number of hydrogen-bond donors (Lipinski definition) is 0. The van der Waals surface area contributed by atoms with E-state index in [1.807, 2.05) is 24.4 Å². The maximum atomic E-state index is 6.15. The first-order valence-electron chi connectivity index (χ1n) is 6.38. The molecule has 7 heteroatoms. The van der Waals surface area contributed by atoms with Crippen molar-refractivity contribution >= 4 is 66.2 Å². The zero-order valence-electron chi connectivity index (χ0n) is 11.3. The molecule has 0 saturated carbocycles. The maximum Gasteiger partial charge on any atom is 0.238 e. The molecule has 1 aromatic carbocycles. The van der Waals surface area contributed by atoms with Gasteiger partial charge in [0.25, 0.3) is 0 Å². The first-order chi connectivity index (χ1) is 10.6. The molecule has 4 rings (SSSR count). The molecule has 0 saturated heterocycles. The summed E-state index contributed by atoms with van der Waals surface area (Å²) in [5, 5.41) is 4.94. The predicted molar refractivity (Wildman–Crippen MR) is 94.1 cm³/mol. The lowest BCUT2D eigenvalue weighted by atomic mass is 10.2. The van der Waals surface area contributed by atoms with E-state index in [9.17, 15) is 0 Å². The lowest BCUT2D eigenvalue weighted by Crippen LogP contribution is -1.89. The van der Waals surface area contributed by atoms with Crippen molar-refractivity contribution in [3.05, 3.63) is 44.8 Å². The molecular formula is C15H8Cl2N2OS2. The molecule has 4 aromatic rings. The molecule has 0 unspecified atom stereocenters. The molecule has 0 aliphatic rings. The van der Waals surface area contributed by atoms with E-state index in [0.29, 0.717) is 15.9 Å². The van der Waals surface area contributed by atoms with Gasteiger partial charge in [-0.15, -0.1) is 22.7 Å². The largest absolute Gasteiger partial charge is 0.437 e. The van der Waals surface area contributed by atoms with Gasteiger partial charge >= 0.3 is 0 Å². The summed E-state index contributed by atoms with van der Waals surface area (Å²) in [4.78, 5) is 8.76. The van der Waals surface area contributed by atoms with Crippen LogP contribution in [0.25, 0.3) is 20.3 Å². The van der Waals surface area contributed by atoms with Crippen LogP contribution in [0.4, 0.5) is 0 Å². The summed E-state index contributed by atoms with van der Waals surface area (Å²) in [6, 6.07) is 5.63. The van der Waals surface area contributed by atoms with E-state index in [1.165, 1.54) is 6.20 Å². The summed E-state index contributed by atoms with van der Waals surface area (Å²) in [7, 11) is 0. The fraction of sp³-hybridized carbons (Fsp3) is 0.0667. The topological polar surface area (TPSA) is 35.0 Å². The number of fused-ring (bicyclic) bond motifs is 3. The number of hydrogen-bond acceptors (Lipinski definition) is 5. The van der Waals surface area contributed by atoms with Crippen molar-refractivity contribution < 1.29 is 4.74 Å². The third kappa shape index (κ3) is 2.34. The molecule has 110 valence electrons. The number of benzene rings is 1. The molecule has 3 nitrogen and oxygen atoms in total. The molecule has 0 fully saturated rings. The maximum absolute atomic E-state index is 6.15. The molecular weight excluding hydrogens is 359 g/mol. The fourth-order valence-corrected chi connectivity index (χ4v) is 4.50. The van der Waals surface area contributed by atoms with E-state index in [1.54, 1.807) is 28.7 Å². The average molecular weight is 367 g/mol. The van der Waals surface area contributed by atoms with Crippen LogP contribution in [0.2, 0.25) is 10.0 Å². The minimum Gasteiger partial charge on any atom is -0.437 e. The van der Waals surface area contributed by atoms with Crippen molar-refractivity contribution in [3.8, 4) is 11.6 Å². The Labute approximate surface area is 144 Å². The Morgan fingerprint density at radius 1 is 1.23 bits per heavy atom. The van der Waals surface area contributed by atoms with Crippen LogP contribution >= 0.6 is 45.9 Å². The van der Waals surface area contributed by atoms with Gasteiger partial charge in [-0.25, -0.2) is 9.97 Å². The van der Waals surface area contributed by atoms with Gasteiger partial charge in [-0.05, 0) is 24.4 Å². The van der Waals surface area contributed by atoms with Gasteiger partial charge in [0.1, 0.15) is 10.8 Å². The van der Waals surface area contributed by atoms with E-state index in [0.717, 1.165) is 31.1 Å². The highest BCUT2D eigenvalue weighted by atomic mass is 35.5. The Morgan fingerprint density at radius 2 is 2.09 bits per heavy atom. The third-order valence-corrected chi connectivity index (χ3v) is 5.47.